The van der Waals surface area contributed by atoms with Gasteiger partial charge in [-0.25, -0.2) is 9.78 Å². The lowest BCUT2D eigenvalue weighted by Gasteiger charge is -2.08. The first-order valence-electron chi connectivity index (χ1n) is 11.0. The first-order chi connectivity index (χ1) is 17.5. The molecule has 0 saturated heterocycles. The molecule has 0 aliphatic rings. The maximum Gasteiger partial charge on any atom is 0.345 e. The van der Waals surface area contributed by atoms with Crippen molar-refractivity contribution in [3.63, 3.8) is 0 Å². The van der Waals surface area contributed by atoms with Crippen LogP contribution in [-0.2, 0) is 4.79 Å². The van der Waals surface area contributed by atoms with Crippen molar-refractivity contribution in [1.82, 2.24) is 9.55 Å². The molecule has 5 rings (SSSR count). The molecule has 36 heavy (non-hydrogen) atoms. The van der Waals surface area contributed by atoms with Crippen LogP contribution in [0.15, 0.2) is 104 Å². The number of anilines is 1. The van der Waals surface area contributed by atoms with Crippen molar-refractivity contribution in [2.45, 2.75) is 5.16 Å². The third kappa shape index (κ3) is 5.22. The summed E-state index contributed by atoms with van der Waals surface area (Å²) in [6.07, 6.45) is 1.79. The van der Waals surface area contributed by atoms with Crippen LogP contribution in [0.5, 0.6) is 5.75 Å². The third-order valence-electron chi connectivity index (χ3n) is 5.40. The molecule has 2 aromatic heterocycles. The lowest BCUT2D eigenvalue weighted by atomic mass is 10.1. The van der Waals surface area contributed by atoms with Crippen LogP contribution in [0.25, 0.3) is 27.9 Å². The van der Waals surface area contributed by atoms with Crippen LogP contribution >= 0.6 is 27.7 Å². The molecule has 0 aliphatic heterocycles. The van der Waals surface area contributed by atoms with Gasteiger partial charge in [-0.15, -0.1) is 0 Å². The van der Waals surface area contributed by atoms with Gasteiger partial charge in [0.15, 0.2) is 5.16 Å². The van der Waals surface area contributed by atoms with E-state index in [1.54, 1.807) is 49.7 Å². The van der Waals surface area contributed by atoms with E-state index < -0.39 is 5.63 Å². The van der Waals surface area contributed by atoms with E-state index in [0.29, 0.717) is 33.4 Å². The van der Waals surface area contributed by atoms with Gasteiger partial charge in [-0.3, -0.25) is 9.36 Å². The van der Waals surface area contributed by atoms with Gasteiger partial charge >= 0.3 is 5.63 Å². The maximum absolute atomic E-state index is 12.7. The average Bonchev–Trinajstić information content (AvgIpc) is 3.32. The molecule has 5 aromatic rings. The number of halogens is 1. The second-order valence-electron chi connectivity index (χ2n) is 7.81. The maximum atomic E-state index is 12.7. The summed E-state index contributed by atoms with van der Waals surface area (Å²) in [4.78, 5) is 30.1. The van der Waals surface area contributed by atoms with Crippen LogP contribution in [0.2, 0.25) is 0 Å². The molecule has 0 aliphatic carbocycles. The summed E-state index contributed by atoms with van der Waals surface area (Å²) >= 11 is 4.73. The summed E-state index contributed by atoms with van der Waals surface area (Å²) < 4.78 is 13.5. The Labute approximate surface area is 219 Å². The van der Waals surface area contributed by atoms with E-state index in [9.17, 15) is 9.59 Å². The topological polar surface area (TPSA) is 86.4 Å². The summed E-state index contributed by atoms with van der Waals surface area (Å²) in [6, 6.07) is 23.9. The van der Waals surface area contributed by atoms with Gasteiger partial charge in [-0.2, -0.15) is 0 Å². The fourth-order valence-electron chi connectivity index (χ4n) is 3.62. The number of nitrogens with one attached hydrogen (secondary N) is 1. The first kappa shape index (κ1) is 23.9. The standard InChI is InChI=1S/C27H20BrN3O4S/c1-34-21-12-8-19(9-13-21)29-25(32)16-36-27-30-23(15-31(27)20-10-6-18(28)7-11-20)22-14-17-4-2-3-5-24(17)35-26(22)33/h2-15H,16H2,1H3,(H,29,32). The number of rotatable bonds is 7. The summed E-state index contributed by atoms with van der Waals surface area (Å²) in [5.74, 6) is 0.664. The normalized spacial score (nSPS) is 10.9. The Morgan fingerprint density at radius 1 is 1.08 bits per heavy atom. The number of fused-ring (bicyclic) bond motifs is 1. The van der Waals surface area contributed by atoms with E-state index in [0.717, 1.165) is 15.5 Å². The molecule has 0 fully saturated rings. The molecule has 0 unspecified atom stereocenters. The highest BCUT2D eigenvalue weighted by molar-refractivity contribution is 9.10. The predicted octanol–water partition coefficient (Wildman–Crippen LogP) is 6.15. The second kappa shape index (κ2) is 10.4. The number of amides is 1. The molecule has 7 nitrogen and oxygen atoms in total. The zero-order valence-corrected chi connectivity index (χ0v) is 21.5. The number of benzene rings is 3. The lowest BCUT2D eigenvalue weighted by molar-refractivity contribution is -0.113. The van der Waals surface area contributed by atoms with E-state index in [1.165, 1.54) is 11.8 Å². The zero-order chi connectivity index (χ0) is 25.1. The highest BCUT2D eigenvalue weighted by Gasteiger charge is 2.17. The van der Waals surface area contributed by atoms with Gasteiger partial charge in [0.25, 0.3) is 0 Å². The number of nitrogens with zero attached hydrogens (tertiary/aromatic N) is 2. The molecule has 3 aromatic carbocycles. The minimum absolute atomic E-state index is 0.130. The summed E-state index contributed by atoms with van der Waals surface area (Å²) in [7, 11) is 1.59. The number of thioether (sulfide) groups is 1. The Bertz CT molecular complexity index is 1590. The highest BCUT2D eigenvalue weighted by Crippen LogP contribution is 2.28. The van der Waals surface area contributed by atoms with Gasteiger partial charge in [-0.1, -0.05) is 45.9 Å². The van der Waals surface area contributed by atoms with Crippen LogP contribution in [-0.4, -0.2) is 28.3 Å². The number of imidazole rings is 1. The van der Waals surface area contributed by atoms with Gasteiger partial charge in [-0.05, 0) is 60.7 Å². The van der Waals surface area contributed by atoms with Crippen LogP contribution < -0.4 is 15.7 Å². The van der Waals surface area contributed by atoms with Crippen LogP contribution in [0.3, 0.4) is 0 Å². The summed E-state index contributed by atoms with van der Waals surface area (Å²) in [6.45, 7) is 0. The first-order valence-corrected chi connectivity index (χ1v) is 12.7. The van der Waals surface area contributed by atoms with Gasteiger partial charge < -0.3 is 14.5 Å². The van der Waals surface area contributed by atoms with Gasteiger partial charge in [0.2, 0.25) is 5.91 Å². The van der Waals surface area contributed by atoms with Crippen molar-refractivity contribution in [3.05, 3.63) is 100.0 Å². The number of carbonyl (C=O) groups excluding carboxylic acids is 1. The molecular formula is C27H20BrN3O4S. The highest BCUT2D eigenvalue weighted by atomic mass is 79.9. The van der Waals surface area contributed by atoms with E-state index in [1.807, 2.05) is 47.0 Å². The van der Waals surface area contributed by atoms with Crippen molar-refractivity contribution < 1.29 is 13.9 Å². The fraction of sp³-hybridized carbons (Fsp3) is 0.0741. The van der Waals surface area contributed by atoms with Gasteiger partial charge in [0.1, 0.15) is 11.3 Å². The van der Waals surface area contributed by atoms with E-state index in [2.05, 4.69) is 21.2 Å². The van der Waals surface area contributed by atoms with Gasteiger partial charge in [0.05, 0.1) is 24.1 Å². The Kier molecular flexibility index (Phi) is 6.92. The number of carbonyl (C=O) groups is 1. The van der Waals surface area contributed by atoms with Crippen molar-refractivity contribution in [2.75, 3.05) is 18.2 Å². The monoisotopic (exact) mass is 561 g/mol. The molecule has 0 atom stereocenters. The van der Waals surface area contributed by atoms with E-state index in [4.69, 9.17) is 14.1 Å². The van der Waals surface area contributed by atoms with Crippen molar-refractivity contribution in [1.29, 1.82) is 0 Å². The number of hydrogen-bond acceptors (Lipinski definition) is 6. The lowest BCUT2D eigenvalue weighted by Crippen LogP contribution is -2.14. The summed E-state index contributed by atoms with van der Waals surface area (Å²) in [5, 5.41) is 4.25. The minimum atomic E-state index is -0.469. The number of ether oxygens (including phenoxy) is 1. The summed E-state index contributed by atoms with van der Waals surface area (Å²) in [5.41, 5.74) is 2.39. The quantitative estimate of drug-likeness (QED) is 0.189. The Morgan fingerprint density at radius 3 is 2.58 bits per heavy atom. The Balaban J connectivity index is 1.44. The van der Waals surface area contributed by atoms with E-state index in [-0.39, 0.29) is 11.7 Å². The number of methoxy groups -OCH3 is 1. The smallest absolute Gasteiger partial charge is 0.345 e. The molecule has 1 N–H and O–H groups in total. The third-order valence-corrected chi connectivity index (χ3v) is 6.88. The van der Waals surface area contributed by atoms with Crippen molar-refractivity contribution >= 4 is 50.3 Å². The van der Waals surface area contributed by atoms with Crippen LogP contribution in [0, 0.1) is 0 Å². The number of hydrogen-bond donors (Lipinski definition) is 1. The molecule has 2 heterocycles. The number of aromatic nitrogens is 2. The molecule has 0 saturated carbocycles. The van der Waals surface area contributed by atoms with Crippen LogP contribution in [0.1, 0.15) is 0 Å². The molecule has 180 valence electrons. The number of para-hydroxylation sites is 1. The molecule has 9 heteroatoms. The molecular weight excluding hydrogens is 542 g/mol. The van der Waals surface area contributed by atoms with E-state index >= 15 is 0 Å². The van der Waals surface area contributed by atoms with Gasteiger partial charge in [0, 0.05) is 27.4 Å². The Morgan fingerprint density at radius 2 is 1.83 bits per heavy atom. The minimum Gasteiger partial charge on any atom is -0.497 e. The average molecular weight is 562 g/mol. The zero-order valence-electron chi connectivity index (χ0n) is 19.1. The molecule has 1 amide bonds. The largest absolute Gasteiger partial charge is 0.497 e. The van der Waals surface area contributed by atoms with Crippen LogP contribution in [0.4, 0.5) is 5.69 Å². The SMILES string of the molecule is COc1ccc(NC(=O)CSc2nc(-c3cc4ccccc4oc3=O)cn2-c2ccc(Br)cc2)cc1. The van der Waals surface area contributed by atoms with Crippen molar-refractivity contribution in [3.8, 4) is 22.7 Å². The molecule has 0 bridgehead atoms. The molecule has 0 spiro atoms. The predicted molar refractivity (Wildman–Crippen MR) is 145 cm³/mol. The Hall–Kier alpha value is -3.82. The van der Waals surface area contributed by atoms with Crippen molar-refractivity contribution in [2.24, 2.45) is 0 Å². The fourth-order valence-corrected chi connectivity index (χ4v) is 4.68. The second-order valence-corrected chi connectivity index (χ2v) is 9.66. The molecule has 0 radical (unpaired) electrons.